The van der Waals surface area contributed by atoms with Crippen LogP contribution in [0.4, 0.5) is 16.3 Å². The molecule has 2 N–H and O–H groups in total. The van der Waals surface area contributed by atoms with Crippen molar-refractivity contribution in [2.24, 2.45) is 7.05 Å². The summed E-state index contributed by atoms with van der Waals surface area (Å²) in [5, 5.41) is 5.70. The van der Waals surface area contributed by atoms with Crippen molar-refractivity contribution in [1.29, 1.82) is 0 Å². The van der Waals surface area contributed by atoms with Crippen LogP contribution < -0.4 is 20.9 Å². The maximum Gasteiger partial charge on any atom is 0.407 e. The summed E-state index contributed by atoms with van der Waals surface area (Å²) in [5.41, 5.74) is -0.344. The zero-order chi connectivity index (χ0) is 20.9. The number of aryl methyl sites for hydroxylation is 1. The van der Waals surface area contributed by atoms with Gasteiger partial charge in [-0.1, -0.05) is 6.07 Å². The number of halogens is 1. The lowest BCUT2D eigenvalue weighted by molar-refractivity contribution is 0.0493. The topological polar surface area (TPSA) is 94.5 Å². The zero-order valence-electron chi connectivity index (χ0n) is 16.6. The number of rotatable bonds is 6. The fraction of sp³-hybridized carbons (Fsp3) is 0.421. The fourth-order valence-electron chi connectivity index (χ4n) is 2.22. The van der Waals surface area contributed by atoms with E-state index in [2.05, 4.69) is 31.5 Å². The molecule has 0 fully saturated rings. The van der Waals surface area contributed by atoms with Crippen molar-refractivity contribution in [2.75, 3.05) is 11.9 Å². The highest BCUT2D eigenvalue weighted by Crippen LogP contribution is 2.18. The van der Waals surface area contributed by atoms with Crippen molar-refractivity contribution in [3.8, 4) is 5.88 Å². The Hall–Kier alpha value is -2.55. The van der Waals surface area contributed by atoms with Crippen molar-refractivity contribution in [2.45, 2.75) is 39.3 Å². The number of alkyl carbamates (subject to hydrolysis) is 1. The van der Waals surface area contributed by atoms with E-state index in [0.717, 1.165) is 4.47 Å². The molecule has 1 amide bonds. The number of aromatic nitrogens is 2. The summed E-state index contributed by atoms with van der Waals surface area (Å²) >= 11 is 3.36. The van der Waals surface area contributed by atoms with Gasteiger partial charge in [0, 0.05) is 23.8 Å². The van der Waals surface area contributed by atoms with Crippen LogP contribution in [0.2, 0.25) is 0 Å². The molecule has 0 saturated heterocycles. The molecule has 9 heteroatoms. The van der Waals surface area contributed by atoms with Crippen LogP contribution in [0, 0.1) is 0 Å². The van der Waals surface area contributed by atoms with Crippen molar-refractivity contribution >= 4 is 33.5 Å². The Labute approximate surface area is 172 Å². The largest absolute Gasteiger partial charge is 0.475 e. The highest BCUT2D eigenvalue weighted by atomic mass is 79.9. The maximum atomic E-state index is 12.2. The minimum absolute atomic E-state index is 0.175. The van der Waals surface area contributed by atoms with E-state index in [-0.39, 0.29) is 18.2 Å². The summed E-state index contributed by atoms with van der Waals surface area (Å²) in [6.07, 6.45) is 1.18. The SMILES string of the molecule is C[C@@H](COc1cccc(Nc2cc(Br)cn(C)c2=O)n1)NC(=O)OC(C)(C)C. The van der Waals surface area contributed by atoms with Crippen LogP contribution in [0.25, 0.3) is 0 Å². The maximum absolute atomic E-state index is 12.2. The second-order valence-corrected chi connectivity index (χ2v) is 8.25. The first-order valence-electron chi connectivity index (χ1n) is 8.76. The van der Waals surface area contributed by atoms with Gasteiger partial charge in [0.25, 0.3) is 5.56 Å². The second-order valence-electron chi connectivity index (χ2n) is 7.33. The highest BCUT2D eigenvalue weighted by Gasteiger charge is 2.18. The van der Waals surface area contributed by atoms with Gasteiger partial charge in [-0.3, -0.25) is 4.79 Å². The molecule has 0 aromatic carbocycles. The Morgan fingerprint density at radius 1 is 1.36 bits per heavy atom. The quantitative estimate of drug-likeness (QED) is 0.695. The summed E-state index contributed by atoms with van der Waals surface area (Å²) in [7, 11) is 1.67. The van der Waals surface area contributed by atoms with E-state index >= 15 is 0 Å². The van der Waals surface area contributed by atoms with E-state index in [4.69, 9.17) is 9.47 Å². The average Bonchev–Trinajstić information content (AvgIpc) is 2.56. The first-order chi connectivity index (χ1) is 13.0. The first-order valence-corrected chi connectivity index (χ1v) is 9.55. The van der Waals surface area contributed by atoms with Gasteiger partial charge in [-0.15, -0.1) is 0 Å². The summed E-state index contributed by atoms with van der Waals surface area (Å²) < 4.78 is 13.1. The third-order valence-electron chi connectivity index (χ3n) is 3.38. The van der Waals surface area contributed by atoms with E-state index in [1.54, 1.807) is 65.2 Å². The predicted molar refractivity (Wildman–Crippen MR) is 111 cm³/mol. The number of hydrogen-bond acceptors (Lipinski definition) is 6. The Kier molecular flexibility index (Phi) is 7.06. The van der Waals surface area contributed by atoms with Gasteiger partial charge in [-0.05, 0) is 55.8 Å². The van der Waals surface area contributed by atoms with E-state index in [1.807, 2.05) is 0 Å². The van der Waals surface area contributed by atoms with Crippen molar-refractivity contribution in [3.63, 3.8) is 0 Å². The molecular weight excluding hydrogens is 428 g/mol. The number of hydrogen-bond donors (Lipinski definition) is 2. The van der Waals surface area contributed by atoms with Crippen LogP contribution in [0.15, 0.2) is 39.7 Å². The van der Waals surface area contributed by atoms with E-state index in [0.29, 0.717) is 17.4 Å². The van der Waals surface area contributed by atoms with Crippen LogP contribution in [0.3, 0.4) is 0 Å². The molecular formula is C19H25BrN4O4. The van der Waals surface area contributed by atoms with E-state index in [9.17, 15) is 9.59 Å². The molecule has 8 nitrogen and oxygen atoms in total. The van der Waals surface area contributed by atoms with E-state index < -0.39 is 11.7 Å². The van der Waals surface area contributed by atoms with E-state index in [1.165, 1.54) is 4.57 Å². The molecule has 0 radical (unpaired) electrons. The Morgan fingerprint density at radius 3 is 2.75 bits per heavy atom. The number of anilines is 2. The molecule has 2 rings (SSSR count). The van der Waals surface area contributed by atoms with Gasteiger partial charge < -0.3 is 24.7 Å². The minimum Gasteiger partial charge on any atom is -0.475 e. The van der Waals surface area contributed by atoms with Gasteiger partial charge in [-0.2, -0.15) is 4.98 Å². The van der Waals surface area contributed by atoms with Gasteiger partial charge in [0.15, 0.2) is 0 Å². The molecule has 0 saturated carbocycles. The summed E-state index contributed by atoms with van der Waals surface area (Å²) in [5.74, 6) is 0.843. The fourth-order valence-corrected chi connectivity index (χ4v) is 2.76. The molecule has 1 atom stereocenters. The number of nitrogens with one attached hydrogen (secondary N) is 2. The van der Waals surface area contributed by atoms with Crippen LogP contribution in [-0.2, 0) is 11.8 Å². The highest BCUT2D eigenvalue weighted by molar-refractivity contribution is 9.10. The van der Waals surface area contributed by atoms with Crippen LogP contribution in [-0.4, -0.2) is 33.9 Å². The Morgan fingerprint density at radius 2 is 2.07 bits per heavy atom. The van der Waals surface area contributed by atoms with Crippen molar-refractivity contribution in [1.82, 2.24) is 14.9 Å². The lowest BCUT2D eigenvalue weighted by atomic mass is 10.2. The summed E-state index contributed by atoms with van der Waals surface area (Å²) in [6, 6.07) is 6.61. The van der Waals surface area contributed by atoms with Crippen molar-refractivity contribution in [3.05, 3.63) is 45.3 Å². The van der Waals surface area contributed by atoms with Crippen LogP contribution >= 0.6 is 15.9 Å². The average molecular weight is 453 g/mol. The number of carbonyl (C=O) groups is 1. The van der Waals surface area contributed by atoms with Crippen LogP contribution in [0.5, 0.6) is 5.88 Å². The lowest BCUT2D eigenvalue weighted by Gasteiger charge is -2.22. The molecule has 0 unspecified atom stereocenters. The molecule has 0 aliphatic carbocycles. The molecule has 0 spiro atoms. The number of amides is 1. The Balaban J connectivity index is 1.97. The Bertz CT molecular complexity index is 892. The molecule has 152 valence electrons. The van der Waals surface area contributed by atoms with Gasteiger partial charge in [0.1, 0.15) is 23.7 Å². The summed E-state index contributed by atoms with van der Waals surface area (Å²) in [4.78, 5) is 28.3. The third kappa shape index (κ3) is 6.88. The molecule has 2 aromatic rings. The monoisotopic (exact) mass is 452 g/mol. The first kappa shape index (κ1) is 21.7. The standard InChI is InChI=1S/C19H25BrN4O4/c1-12(21-18(26)28-19(2,3)4)11-27-16-8-6-7-15(23-16)22-14-9-13(20)10-24(5)17(14)25/h6-10,12H,11H2,1-5H3,(H,21,26)(H,22,23)/t12-/m0/s1. The number of carbonyl (C=O) groups excluding carboxylic acids is 1. The predicted octanol–water partition coefficient (Wildman–Crippen LogP) is 3.58. The number of nitrogens with zero attached hydrogens (tertiary/aromatic N) is 2. The normalized spacial score (nSPS) is 12.2. The third-order valence-corrected chi connectivity index (χ3v) is 3.81. The van der Waals surface area contributed by atoms with Gasteiger partial charge in [0.2, 0.25) is 5.88 Å². The summed E-state index contributed by atoms with van der Waals surface area (Å²) in [6.45, 7) is 7.42. The van der Waals surface area contributed by atoms with Crippen molar-refractivity contribution < 1.29 is 14.3 Å². The van der Waals surface area contributed by atoms with Gasteiger partial charge in [-0.25, -0.2) is 4.79 Å². The van der Waals surface area contributed by atoms with Gasteiger partial charge in [0.05, 0.1) is 6.04 Å². The smallest absolute Gasteiger partial charge is 0.407 e. The van der Waals surface area contributed by atoms with Crippen LogP contribution in [0.1, 0.15) is 27.7 Å². The van der Waals surface area contributed by atoms with Gasteiger partial charge >= 0.3 is 6.09 Å². The molecule has 0 aliphatic heterocycles. The minimum atomic E-state index is -0.560. The molecule has 0 aliphatic rings. The molecule has 0 bridgehead atoms. The zero-order valence-corrected chi connectivity index (χ0v) is 18.2. The molecule has 2 heterocycles. The molecule has 28 heavy (non-hydrogen) atoms. The number of pyridine rings is 2. The molecule has 2 aromatic heterocycles. The number of ether oxygens (including phenoxy) is 2. The second kappa shape index (κ2) is 9.09. The lowest BCUT2D eigenvalue weighted by Crippen LogP contribution is -2.40.